The molecule has 0 saturated carbocycles. The van der Waals surface area contributed by atoms with Gasteiger partial charge in [0, 0.05) is 24.4 Å². The maximum Gasteiger partial charge on any atom is 0.354 e. The van der Waals surface area contributed by atoms with E-state index in [9.17, 15) is 4.79 Å². The van der Waals surface area contributed by atoms with Gasteiger partial charge in [0.05, 0.1) is 14.2 Å². The summed E-state index contributed by atoms with van der Waals surface area (Å²) in [5.74, 6) is 0.447. The predicted octanol–water partition coefficient (Wildman–Crippen LogP) is 3.56. The van der Waals surface area contributed by atoms with Crippen molar-refractivity contribution in [1.82, 2.24) is 4.57 Å². The first kappa shape index (κ1) is 15.2. The fraction of sp³-hybridized carbons (Fsp3) is 0.211. The summed E-state index contributed by atoms with van der Waals surface area (Å²) in [5, 5.41) is 1.01. The molecular formula is C19H19NO3. The smallest absolute Gasteiger partial charge is 0.354 e. The van der Waals surface area contributed by atoms with Gasteiger partial charge >= 0.3 is 5.97 Å². The van der Waals surface area contributed by atoms with Gasteiger partial charge in [0.15, 0.2) is 0 Å². The number of benzene rings is 2. The normalized spacial score (nSPS) is 10.7. The van der Waals surface area contributed by atoms with Gasteiger partial charge in [-0.05, 0) is 29.3 Å². The zero-order valence-electron chi connectivity index (χ0n) is 13.5. The topological polar surface area (TPSA) is 40.5 Å². The summed E-state index contributed by atoms with van der Waals surface area (Å²) in [7, 11) is 4.94. The second-order valence-corrected chi connectivity index (χ2v) is 5.42. The van der Waals surface area contributed by atoms with Crippen LogP contribution in [0.3, 0.4) is 0 Å². The van der Waals surface area contributed by atoms with Crippen LogP contribution in [0.2, 0.25) is 0 Å². The van der Waals surface area contributed by atoms with Crippen molar-refractivity contribution in [2.24, 2.45) is 7.05 Å². The Bertz CT molecular complexity index is 850. The maximum atomic E-state index is 12.3. The van der Waals surface area contributed by atoms with Crippen LogP contribution in [0.5, 0.6) is 5.75 Å². The molecule has 0 fully saturated rings. The third-order valence-corrected chi connectivity index (χ3v) is 4.11. The molecular weight excluding hydrogens is 290 g/mol. The van der Waals surface area contributed by atoms with Gasteiger partial charge in [-0.3, -0.25) is 0 Å². The lowest BCUT2D eigenvalue weighted by Crippen LogP contribution is -2.10. The number of hydrogen-bond acceptors (Lipinski definition) is 3. The van der Waals surface area contributed by atoms with Crippen molar-refractivity contribution in [1.29, 1.82) is 0 Å². The van der Waals surface area contributed by atoms with E-state index >= 15 is 0 Å². The van der Waals surface area contributed by atoms with Crippen LogP contribution < -0.4 is 4.74 Å². The number of aromatic nitrogens is 1. The summed E-state index contributed by atoms with van der Waals surface area (Å²) in [4.78, 5) is 12.3. The first-order valence-electron chi connectivity index (χ1n) is 7.43. The number of methoxy groups -OCH3 is 2. The van der Waals surface area contributed by atoms with E-state index < -0.39 is 0 Å². The average molecular weight is 309 g/mol. The molecule has 1 heterocycles. The van der Waals surface area contributed by atoms with Crippen molar-refractivity contribution in [2.75, 3.05) is 14.2 Å². The van der Waals surface area contributed by atoms with Crippen LogP contribution in [0.25, 0.3) is 10.9 Å². The van der Waals surface area contributed by atoms with Gasteiger partial charge < -0.3 is 14.0 Å². The van der Waals surface area contributed by atoms with Gasteiger partial charge in [-0.15, -0.1) is 0 Å². The summed E-state index contributed by atoms with van der Waals surface area (Å²) >= 11 is 0. The van der Waals surface area contributed by atoms with Crippen molar-refractivity contribution < 1.29 is 14.3 Å². The van der Waals surface area contributed by atoms with E-state index in [1.807, 2.05) is 48.0 Å². The molecule has 4 nitrogen and oxygen atoms in total. The lowest BCUT2D eigenvalue weighted by molar-refractivity contribution is 0.0589. The lowest BCUT2D eigenvalue weighted by Gasteiger charge is -2.06. The summed E-state index contributed by atoms with van der Waals surface area (Å²) < 4.78 is 12.2. The Balaban J connectivity index is 2.24. The second-order valence-electron chi connectivity index (χ2n) is 5.42. The summed E-state index contributed by atoms with van der Waals surface area (Å²) in [6, 6.07) is 15.9. The largest absolute Gasteiger partial charge is 0.497 e. The van der Waals surface area contributed by atoms with Crippen LogP contribution in [0.1, 0.15) is 21.6 Å². The molecule has 0 aliphatic heterocycles. The van der Waals surface area contributed by atoms with Gasteiger partial charge in [0.25, 0.3) is 0 Å². The molecule has 1 aromatic heterocycles. The molecule has 0 saturated heterocycles. The highest BCUT2D eigenvalue weighted by Gasteiger charge is 2.22. The number of aryl methyl sites for hydroxylation is 1. The predicted molar refractivity (Wildman–Crippen MR) is 90.1 cm³/mol. The van der Waals surface area contributed by atoms with Crippen molar-refractivity contribution >= 4 is 16.9 Å². The van der Waals surface area contributed by atoms with E-state index in [2.05, 4.69) is 12.1 Å². The van der Waals surface area contributed by atoms with E-state index in [0.717, 1.165) is 27.8 Å². The molecule has 23 heavy (non-hydrogen) atoms. The zero-order chi connectivity index (χ0) is 16.4. The molecule has 0 bridgehead atoms. The first-order chi connectivity index (χ1) is 11.2. The van der Waals surface area contributed by atoms with Crippen molar-refractivity contribution in [3.8, 4) is 5.75 Å². The Hall–Kier alpha value is -2.75. The Labute approximate surface area is 135 Å². The van der Waals surface area contributed by atoms with E-state index in [1.54, 1.807) is 7.11 Å². The summed E-state index contributed by atoms with van der Waals surface area (Å²) in [5.41, 5.74) is 3.67. The Morgan fingerprint density at radius 3 is 2.48 bits per heavy atom. The van der Waals surface area contributed by atoms with Crippen LogP contribution >= 0.6 is 0 Å². The van der Waals surface area contributed by atoms with Gasteiger partial charge in [-0.25, -0.2) is 4.79 Å². The van der Waals surface area contributed by atoms with Crippen molar-refractivity contribution in [3.05, 3.63) is 65.4 Å². The summed E-state index contributed by atoms with van der Waals surface area (Å²) in [6.45, 7) is 0. The molecule has 0 N–H and O–H groups in total. The molecule has 0 spiro atoms. The molecule has 0 aliphatic rings. The molecule has 0 aliphatic carbocycles. The number of fused-ring (bicyclic) bond motifs is 1. The van der Waals surface area contributed by atoms with E-state index in [-0.39, 0.29) is 5.97 Å². The first-order valence-corrected chi connectivity index (χ1v) is 7.43. The minimum absolute atomic E-state index is 0.325. The third kappa shape index (κ3) is 2.68. The third-order valence-electron chi connectivity index (χ3n) is 4.11. The molecule has 2 aromatic carbocycles. The molecule has 0 atom stereocenters. The number of carbonyl (C=O) groups excluding carboxylic acids is 1. The monoisotopic (exact) mass is 309 g/mol. The SMILES string of the molecule is COC(=O)c1c(Cc2ccccc2)c2cc(OC)ccc2n1C. The highest BCUT2D eigenvalue weighted by atomic mass is 16.5. The molecule has 3 aromatic rings. The number of rotatable bonds is 4. The number of carbonyl (C=O) groups is 1. The Morgan fingerprint density at radius 1 is 1.09 bits per heavy atom. The maximum absolute atomic E-state index is 12.3. The van der Waals surface area contributed by atoms with Gasteiger partial charge in [0.2, 0.25) is 0 Å². The highest BCUT2D eigenvalue weighted by molar-refractivity contribution is 5.99. The van der Waals surface area contributed by atoms with Gasteiger partial charge in [-0.1, -0.05) is 30.3 Å². The van der Waals surface area contributed by atoms with Crippen LogP contribution in [0, 0.1) is 0 Å². The van der Waals surface area contributed by atoms with E-state index in [1.165, 1.54) is 7.11 Å². The number of hydrogen-bond donors (Lipinski definition) is 0. The summed E-state index contributed by atoms with van der Waals surface area (Å²) in [6.07, 6.45) is 0.662. The van der Waals surface area contributed by atoms with Crippen LogP contribution in [-0.4, -0.2) is 24.8 Å². The van der Waals surface area contributed by atoms with Gasteiger partial charge in [0.1, 0.15) is 11.4 Å². The van der Waals surface area contributed by atoms with Crippen molar-refractivity contribution in [2.45, 2.75) is 6.42 Å². The van der Waals surface area contributed by atoms with E-state index in [4.69, 9.17) is 9.47 Å². The fourth-order valence-electron chi connectivity index (χ4n) is 2.96. The standard InChI is InChI=1S/C19H19NO3/c1-20-17-10-9-14(22-2)12-15(17)16(18(20)19(21)23-3)11-13-7-5-4-6-8-13/h4-10,12H,11H2,1-3H3. The molecule has 0 unspecified atom stereocenters. The highest BCUT2D eigenvalue weighted by Crippen LogP contribution is 2.31. The lowest BCUT2D eigenvalue weighted by atomic mass is 10.0. The van der Waals surface area contributed by atoms with Crippen molar-refractivity contribution in [3.63, 3.8) is 0 Å². The minimum atomic E-state index is -0.325. The van der Waals surface area contributed by atoms with Crippen LogP contribution in [0.15, 0.2) is 48.5 Å². The quantitative estimate of drug-likeness (QED) is 0.692. The Morgan fingerprint density at radius 2 is 1.83 bits per heavy atom. The van der Waals surface area contributed by atoms with E-state index in [0.29, 0.717) is 12.1 Å². The number of nitrogens with zero attached hydrogens (tertiary/aromatic N) is 1. The number of ether oxygens (including phenoxy) is 2. The molecule has 3 rings (SSSR count). The zero-order valence-corrected chi connectivity index (χ0v) is 13.5. The van der Waals surface area contributed by atoms with Gasteiger partial charge in [-0.2, -0.15) is 0 Å². The molecule has 4 heteroatoms. The fourth-order valence-corrected chi connectivity index (χ4v) is 2.96. The molecule has 118 valence electrons. The van der Waals surface area contributed by atoms with Crippen LogP contribution in [0.4, 0.5) is 0 Å². The van der Waals surface area contributed by atoms with Crippen LogP contribution in [-0.2, 0) is 18.2 Å². The molecule has 0 radical (unpaired) electrons. The second kappa shape index (κ2) is 6.16. The average Bonchev–Trinajstić information content (AvgIpc) is 2.87. The number of esters is 1. The Kier molecular flexibility index (Phi) is 4.06. The molecule has 0 amide bonds. The minimum Gasteiger partial charge on any atom is -0.497 e.